The van der Waals surface area contributed by atoms with Gasteiger partial charge in [-0.15, -0.1) is 0 Å². The zero-order chi connectivity index (χ0) is 16.3. The van der Waals surface area contributed by atoms with Crippen LogP contribution in [0.3, 0.4) is 0 Å². The van der Waals surface area contributed by atoms with E-state index in [0.29, 0.717) is 18.8 Å². The predicted octanol–water partition coefficient (Wildman–Crippen LogP) is 2.26. The van der Waals surface area contributed by atoms with E-state index in [9.17, 15) is 13.2 Å². The minimum Gasteiger partial charge on any atom is -0.331 e. The van der Waals surface area contributed by atoms with Gasteiger partial charge in [0, 0.05) is 27.2 Å². The number of anilines is 1. The van der Waals surface area contributed by atoms with E-state index >= 15 is 0 Å². The highest BCUT2D eigenvalue weighted by Crippen LogP contribution is 2.28. The minimum absolute atomic E-state index is 0.171. The molecule has 1 aliphatic heterocycles. The zero-order valence-electron chi connectivity index (χ0n) is 13.3. The number of carbonyl (C=O) groups excluding carboxylic acids is 1. The third-order valence-corrected chi connectivity index (χ3v) is 5.66. The fourth-order valence-electron chi connectivity index (χ4n) is 2.42. The van der Waals surface area contributed by atoms with Gasteiger partial charge in [0.25, 0.3) is 0 Å². The Kier molecular flexibility index (Phi) is 5.08. The van der Waals surface area contributed by atoms with E-state index in [1.807, 2.05) is 6.92 Å². The fourth-order valence-corrected chi connectivity index (χ4v) is 4.17. The highest BCUT2D eigenvalue weighted by Gasteiger charge is 2.28. The molecule has 1 N–H and O–H groups in total. The Balaban J connectivity index is 2.39. The first kappa shape index (κ1) is 16.8. The summed E-state index contributed by atoms with van der Waals surface area (Å²) in [6, 6.07) is 4.71. The molecule has 122 valence electrons. The van der Waals surface area contributed by atoms with Crippen LogP contribution in [0.1, 0.15) is 24.8 Å². The van der Waals surface area contributed by atoms with Crippen molar-refractivity contribution in [3.8, 4) is 0 Å². The molecule has 22 heavy (non-hydrogen) atoms. The average Bonchev–Trinajstić information content (AvgIpc) is 2.49. The standard InChI is InChI=1S/C15H23N3O3S/c1-12-7-8-13(16-15(19)17(2)3)14(11-12)22(20,21)18-9-5-4-6-10-18/h7-8,11H,4-6,9-10H2,1-3H3,(H,16,19). The number of nitrogens with one attached hydrogen (secondary N) is 1. The van der Waals surface area contributed by atoms with Crippen LogP contribution in [-0.2, 0) is 10.0 Å². The number of piperidine rings is 1. The van der Waals surface area contributed by atoms with Crippen molar-refractivity contribution >= 4 is 21.7 Å². The summed E-state index contributed by atoms with van der Waals surface area (Å²) in [6.45, 7) is 2.92. The Hall–Kier alpha value is -1.60. The van der Waals surface area contributed by atoms with Crippen LogP contribution in [0.2, 0.25) is 0 Å². The third-order valence-electron chi connectivity index (χ3n) is 3.72. The van der Waals surface area contributed by atoms with Crippen molar-refractivity contribution in [1.82, 2.24) is 9.21 Å². The summed E-state index contributed by atoms with van der Waals surface area (Å²) in [7, 11) is -0.360. The van der Waals surface area contributed by atoms with E-state index in [4.69, 9.17) is 0 Å². The van der Waals surface area contributed by atoms with Crippen LogP contribution in [0.5, 0.6) is 0 Å². The number of rotatable bonds is 3. The van der Waals surface area contributed by atoms with Gasteiger partial charge in [-0.2, -0.15) is 4.31 Å². The van der Waals surface area contributed by atoms with Crippen LogP contribution in [-0.4, -0.2) is 50.8 Å². The molecule has 1 aliphatic rings. The van der Waals surface area contributed by atoms with Crippen LogP contribution >= 0.6 is 0 Å². The van der Waals surface area contributed by atoms with Gasteiger partial charge in [0.2, 0.25) is 10.0 Å². The van der Waals surface area contributed by atoms with Crippen LogP contribution < -0.4 is 5.32 Å². The Morgan fingerprint density at radius 1 is 1.18 bits per heavy atom. The zero-order valence-corrected chi connectivity index (χ0v) is 14.1. The molecule has 1 aromatic rings. The molecule has 0 aliphatic carbocycles. The smallest absolute Gasteiger partial charge is 0.321 e. The normalized spacial score (nSPS) is 16.3. The van der Waals surface area contributed by atoms with Gasteiger partial charge in [-0.3, -0.25) is 0 Å². The topological polar surface area (TPSA) is 69.7 Å². The van der Waals surface area contributed by atoms with Gasteiger partial charge in [0.1, 0.15) is 4.90 Å². The number of nitrogens with zero attached hydrogens (tertiary/aromatic N) is 2. The molecule has 0 atom stereocenters. The average molecular weight is 325 g/mol. The van der Waals surface area contributed by atoms with Crippen LogP contribution in [0.4, 0.5) is 10.5 Å². The number of hydrogen-bond acceptors (Lipinski definition) is 3. The molecule has 0 aromatic heterocycles. The SMILES string of the molecule is Cc1ccc(NC(=O)N(C)C)c(S(=O)(=O)N2CCCCC2)c1. The maximum absolute atomic E-state index is 12.9. The second-order valence-electron chi connectivity index (χ2n) is 5.79. The Morgan fingerprint density at radius 2 is 1.82 bits per heavy atom. The second kappa shape index (κ2) is 6.66. The lowest BCUT2D eigenvalue weighted by Crippen LogP contribution is -2.36. The fraction of sp³-hybridized carbons (Fsp3) is 0.533. The van der Waals surface area contributed by atoms with Crippen molar-refractivity contribution in [3.63, 3.8) is 0 Å². The van der Waals surface area contributed by atoms with E-state index in [0.717, 1.165) is 24.8 Å². The van der Waals surface area contributed by atoms with E-state index in [1.165, 1.54) is 9.21 Å². The third kappa shape index (κ3) is 3.59. The maximum atomic E-state index is 12.9. The summed E-state index contributed by atoms with van der Waals surface area (Å²) >= 11 is 0. The van der Waals surface area contributed by atoms with Crippen molar-refractivity contribution in [2.75, 3.05) is 32.5 Å². The number of hydrogen-bond donors (Lipinski definition) is 1. The van der Waals surface area contributed by atoms with Gasteiger partial charge >= 0.3 is 6.03 Å². The molecule has 1 heterocycles. The lowest BCUT2D eigenvalue weighted by atomic mass is 10.2. The van der Waals surface area contributed by atoms with Gasteiger partial charge in [-0.1, -0.05) is 12.5 Å². The molecular formula is C15H23N3O3S. The van der Waals surface area contributed by atoms with Gasteiger partial charge < -0.3 is 10.2 Å². The van der Waals surface area contributed by atoms with Gasteiger partial charge in [0.05, 0.1) is 5.69 Å². The molecule has 0 radical (unpaired) electrons. The number of benzene rings is 1. The Labute approximate surface area is 132 Å². The Morgan fingerprint density at radius 3 is 2.41 bits per heavy atom. The summed E-state index contributed by atoms with van der Waals surface area (Å²) in [4.78, 5) is 13.4. The molecule has 1 saturated heterocycles. The van der Waals surface area contributed by atoms with Crippen molar-refractivity contribution in [2.24, 2.45) is 0 Å². The monoisotopic (exact) mass is 325 g/mol. The number of carbonyl (C=O) groups is 1. The molecule has 2 amide bonds. The molecule has 1 fully saturated rings. The summed E-state index contributed by atoms with van der Waals surface area (Å²) in [5.41, 5.74) is 1.17. The first-order valence-corrected chi connectivity index (χ1v) is 8.85. The summed E-state index contributed by atoms with van der Waals surface area (Å²) in [6.07, 6.45) is 2.82. The van der Waals surface area contributed by atoms with Gasteiger partial charge in [-0.25, -0.2) is 13.2 Å². The summed E-state index contributed by atoms with van der Waals surface area (Å²) in [5, 5.41) is 2.66. The highest BCUT2D eigenvalue weighted by molar-refractivity contribution is 7.89. The Bertz CT molecular complexity index is 650. The molecule has 1 aromatic carbocycles. The van der Waals surface area contributed by atoms with Crippen LogP contribution in [0.25, 0.3) is 0 Å². The minimum atomic E-state index is -3.59. The van der Waals surface area contributed by atoms with Crippen LogP contribution in [0, 0.1) is 6.92 Å². The van der Waals surface area contributed by atoms with E-state index < -0.39 is 10.0 Å². The number of sulfonamides is 1. The van der Waals surface area contributed by atoms with Crippen molar-refractivity contribution in [2.45, 2.75) is 31.1 Å². The lowest BCUT2D eigenvalue weighted by Gasteiger charge is -2.27. The molecule has 0 unspecified atom stereocenters. The van der Waals surface area contributed by atoms with Crippen molar-refractivity contribution < 1.29 is 13.2 Å². The van der Waals surface area contributed by atoms with Crippen molar-refractivity contribution in [3.05, 3.63) is 23.8 Å². The maximum Gasteiger partial charge on any atom is 0.321 e. The molecule has 6 nitrogen and oxygen atoms in total. The lowest BCUT2D eigenvalue weighted by molar-refractivity contribution is 0.230. The van der Waals surface area contributed by atoms with Gasteiger partial charge in [-0.05, 0) is 37.5 Å². The molecule has 0 saturated carbocycles. The first-order valence-electron chi connectivity index (χ1n) is 7.41. The van der Waals surface area contributed by atoms with Gasteiger partial charge in [0.15, 0.2) is 0 Å². The molecular weight excluding hydrogens is 302 g/mol. The van der Waals surface area contributed by atoms with E-state index in [-0.39, 0.29) is 10.9 Å². The summed E-state index contributed by atoms with van der Waals surface area (Å²) in [5.74, 6) is 0. The highest BCUT2D eigenvalue weighted by atomic mass is 32.2. The van der Waals surface area contributed by atoms with E-state index in [1.54, 1.807) is 32.3 Å². The predicted molar refractivity (Wildman–Crippen MR) is 86.5 cm³/mol. The molecule has 0 bridgehead atoms. The quantitative estimate of drug-likeness (QED) is 0.927. The first-order chi connectivity index (χ1) is 10.3. The molecule has 2 rings (SSSR count). The van der Waals surface area contributed by atoms with E-state index in [2.05, 4.69) is 5.32 Å². The van der Waals surface area contributed by atoms with Crippen molar-refractivity contribution in [1.29, 1.82) is 0 Å². The second-order valence-corrected chi connectivity index (χ2v) is 7.70. The summed E-state index contributed by atoms with van der Waals surface area (Å²) < 4.78 is 27.3. The number of urea groups is 1. The molecule has 0 spiro atoms. The van der Waals surface area contributed by atoms with Crippen LogP contribution in [0.15, 0.2) is 23.1 Å². The number of aryl methyl sites for hydroxylation is 1. The number of amides is 2. The molecule has 7 heteroatoms. The largest absolute Gasteiger partial charge is 0.331 e.